The molecule has 0 radical (unpaired) electrons. The molecule has 2 aromatic heterocycles. The molecule has 0 saturated carbocycles. The van der Waals surface area contributed by atoms with E-state index in [0.29, 0.717) is 5.13 Å². The van der Waals surface area contributed by atoms with E-state index in [9.17, 15) is 18.0 Å². The van der Waals surface area contributed by atoms with Gasteiger partial charge in [-0.3, -0.25) is 19.6 Å². The molecular weight excluding hydrogens is 358 g/mol. The second-order valence-electron chi connectivity index (χ2n) is 4.68. The van der Waals surface area contributed by atoms with Crippen molar-refractivity contribution in [3.05, 3.63) is 23.5 Å². The molecule has 0 unspecified atom stereocenters. The van der Waals surface area contributed by atoms with Crippen LogP contribution in [0.15, 0.2) is 22.7 Å². The number of carbonyl (C=O) groups excluding carboxylic acids is 2. The van der Waals surface area contributed by atoms with E-state index in [0.717, 1.165) is 11.9 Å². The van der Waals surface area contributed by atoms with E-state index in [1.165, 1.54) is 22.2 Å². The minimum absolute atomic E-state index is 0.0744. The molecule has 0 fully saturated rings. The van der Waals surface area contributed by atoms with Gasteiger partial charge >= 0.3 is 5.97 Å². The number of ether oxygens (including phenoxy) is 1. The van der Waals surface area contributed by atoms with Gasteiger partial charge in [-0.1, -0.05) is 0 Å². The van der Waals surface area contributed by atoms with Crippen LogP contribution in [-0.2, 0) is 31.4 Å². The van der Waals surface area contributed by atoms with E-state index in [-0.39, 0.29) is 4.90 Å². The number of nitrogens with zero attached hydrogens (tertiary/aromatic N) is 3. The summed E-state index contributed by atoms with van der Waals surface area (Å²) in [5.41, 5.74) is 0.761. The Morgan fingerprint density at radius 3 is 2.75 bits per heavy atom. The van der Waals surface area contributed by atoms with Crippen molar-refractivity contribution in [2.45, 2.75) is 11.8 Å². The molecule has 10 nitrogen and oxygen atoms in total. The molecule has 2 rings (SSSR count). The molecule has 0 bridgehead atoms. The number of esters is 1. The van der Waals surface area contributed by atoms with Crippen molar-refractivity contribution in [2.75, 3.05) is 18.5 Å². The molecule has 130 valence electrons. The second kappa shape index (κ2) is 7.51. The lowest BCUT2D eigenvalue weighted by Gasteiger charge is -2.06. The van der Waals surface area contributed by atoms with Crippen molar-refractivity contribution in [1.29, 1.82) is 0 Å². The summed E-state index contributed by atoms with van der Waals surface area (Å²) in [6, 6.07) is 0. The Morgan fingerprint density at radius 2 is 2.17 bits per heavy atom. The number of sulfonamides is 1. The van der Waals surface area contributed by atoms with Crippen LogP contribution < -0.4 is 10.0 Å². The number of aromatic nitrogens is 3. The first-order valence-corrected chi connectivity index (χ1v) is 8.98. The highest BCUT2D eigenvalue weighted by Crippen LogP contribution is 2.13. The maximum Gasteiger partial charge on any atom is 0.321 e. The number of anilines is 1. The van der Waals surface area contributed by atoms with Gasteiger partial charge in [0.15, 0.2) is 11.7 Å². The summed E-state index contributed by atoms with van der Waals surface area (Å²) < 4.78 is 31.8. The Hall–Kier alpha value is -2.31. The van der Waals surface area contributed by atoms with Crippen LogP contribution in [0.1, 0.15) is 5.69 Å². The zero-order valence-electron chi connectivity index (χ0n) is 12.8. The molecule has 1 amide bonds. The highest BCUT2D eigenvalue weighted by Gasteiger charge is 2.18. The highest BCUT2D eigenvalue weighted by atomic mass is 32.2. The summed E-state index contributed by atoms with van der Waals surface area (Å²) >= 11 is 1.24. The summed E-state index contributed by atoms with van der Waals surface area (Å²) in [6.45, 7) is 0.646. The third kappa shape index (κ3) is 5.11. The van der Waals surface area contributed by atoms with Gasteiger partial charge < -0.3 is 4.74 Å². The smallest absolute Gasteiger partial charge is 0.321 e. The molecule has 0 spiro atoms. The van der Waals surface area contributed by atoms with Gasteiger partial charge in [0.05, 0.1) is 11.9 Å². The van der Waals surface area contributed by atoms with Crippen molar-refractivity contribution < 1.29 is 22.7 Å². The molecule has 0 aromatic carbocycles. The lowest BCUT2D eigenvalue weighted by molar-refractivity contribution is -0.146. The number of hydrogen-bond donors (Lipinski definition) is 2. The first-order valence-electron chi connectivity index (χ1n) is 6.62. The fraction of sp³-hybridized carbons (Fsp3) is 0.333. The zero-order chi connectivity index (χ0) is 17.7. The summed E-state index contributed by atoms with van der Waals surface area (Å²) in [6.07, 6.45) is 2.44. The summed E-state index contributed by atoms with van der Waals surface area (Å²) in [4.78, 5) is 27.1. The van der Waals surface area contributed by atoms with Crippen LogP contribution in [0.25, 0.3) is 0 Å². The van der Waals surface area contributed by atoms with Crippen LogP contribution in [0.3, 0.4) is 0 Å². The van der Waals surface area contributed by atoms with Crippen LogP contribution in [-0.4, -0.2) is 48.2 Å². The predicted molar refractivity (Wildman–Crippen MR) is 84.8 cm³/mol. The van der Waals surface area contributed by atoms with E-state index in [1.54, 1.807) is 19.4 Å². The van der Waals surface area contributed by atoms with Crippen molar-refractivity contribution in [2.24, 2.45) is 7.05 Å². The summed E-state index contributed by atoms with van der Waals surface area (Å²) in [5, 5.41) is 8.35. The molecule has 0 aliphatic carbocycles. The Kier molecular flexibility index (Phi) is 5.64. The highest BCUT2D eigenvalue weighted by molar-refractivity contribution is 7.89. The van der Waals surface area contributed by atoms with Crippen molar-refractivity contribution >= 4 is 38.4 Å². The SMILES string of the molecule is Cc1csc(NC(=O)COC(=O)CNS(=O)(=O)c2cnn(C)c2)n1. The normalized spacial score (nSPS) is 11.2. The zero-order valence-corrected chi connectivity index (χ0v) is 14.5. The minimum atomic E-state index is -3.86. The van der Waals surface area contributed by atoms with Gasteiger partial charge in [-0.2, -0.15) is 9.82 Å². The lowest BCUT2D eigenvalue weighted by Crippen LogP contribution is -2.32. The molecule has 24 heavy (non-hydrogen) atoms. The van der Waals surface area contributed by atoms with Gasteiger partial charge in [0.1, 0.15) is 11.4 Å². The van der Waals surface area contributed by atoms with Gasteiger partial charge in [-0.05, 0) is 6.92 Å². The molecule has 0 aliphatic heterocycles. The van der Waals surface area contributed by atoms with Gasteiger partial charge in [-0.25, -0.2) is 13.4 Å². The van der Waals surface area contributed by atoms with E-state index >= 15 is 0 Å². The third-order valence-corrected chi connectivity index (χ3v) is 4.86. The molecular formula is C12H15N5O5S2. The van der Waals surface area contributed by atoms with Crippen LogP contribution >= 0.6 is 11.3 Å². The standard InChI is InChI=1S/C12H15N5O5S2/c1-8-7-23-12(15-8)16-10(18)6-22-11(19)4-14-24(20,21)9-3-13-17(2)5-9/h3,5,7,14H,4,6H2,1-2H3,(H,15,16,18). The fourth-order valence-electron chi connectivity index (χ4n) is 1.54. The first kappa shape index (κ1) is 18.0. The number of aryl methyl sites for hydroxylation is 2. The van der Waals surface area contributed by atoms with E-state index in [4.69, 9.17) is 4.74 Å². The van der Waals surface area contributed by atoms with Crippen LogP contribution in [0.4, 0.5) is 5.13 Å². The number of thiazole rings is 1. The maximum absolute atomic E-state index is 11.9. The summed E-state index contributed by atoms with van der Waals surface area (Å²) in [7, 11) is -2.30. The summed E-state index contributed by atoms with van der Waals surface area (Å²) in [5.74, 6) is -1.44. The van der Waals surface area contributed by atoms with Gasteiger partial charge in [0.25, 0.3) is 5.91 Å². The molecule has 2 heterocycles. The molecule has 0 atom stereocenters. The number of amides is 1. The largest absolute Gasteiger partial charge is 0.455 e. The van der Waals surface area contributed by atoms with E-state index < -0.39 is 35.1 Å². The fourth-order valence-corrected chi connectivity index (χ4v) is 3.19. The Labute approximate surface area is 141 Å². The maximum atomic E-state index is 11.9. The predicted octanol–water partition coefficient (Wildman–Crippen LogP) is -0.355. The second-order valence-corrected chi connectivity index (χ2v) is 7.30. The molecule has 2 aromatic rings. The van der Waals surface area contributed by atoms with Crippen LogP contribution in [0.5, 0.6) is 0 Å². The van der Waals surface area contributed by atoms with Crippen LogP contribution in [0, 0.1) is 6.92 Å². The topological polar surface area (TPSA) is 132 Å². The van der Waals surface area contributed by atoms with Gasteiger partial charge in [-0.15, -0.1) is 11.3 Å². The Bertz CT molecular complexity index is 842. The Morgan fingerprint density at radius 1 is 1.42 bits per heavy atom. The molecule has 12 heteroatoms. The number of hydrogen-bond acceptors (Lipinski definition) is 8. The third-order valence-electron chi connectivity index (χ3n) is 2.63. The number of rotatable bonds is 7. The average Bonchev–Trinajstić information content (AvgIpc) is 3.12. The number of nitrogens with one attached hydrogen (secondary N) is 2. The van der Waals surface area contributed by atoms with Gasteiger partial charge in [0, 0.05) is 18.6 Å². The van der Waals surface area contributed by atoms with Crippen LogP contribution in [0.2, 0.25) is 0 Å². The first-order chi connectivity index (χ1) is 11.3. The molecule has 0 aliphatic rings. The van der Waals surface area contributed by atoms with Crippen molar-refractivity contribution in [1.82, 2.24) is 19.5 Å². The van der Waals surface area contributed by atoms with Gasteiger partial charge in [0.2, 0.25) is 10.0 Å². The average molecular weight is 373 g/mol. The molecule has 0 saturated heterocycles. The van der Waals surface area contributed by atoms with E-state index in [2.05, 4.69) is 20.1 Å². The minimum Gasteiger partial charge on any atom is -0.455 e. The lowest BCUT2D eigenvalue weighted by atomic mass is 10.6. The quantitative estimate of drug-likeness (QED) is 0.634. The Balaban J connectivity index is 1.76. The monoisotopic (exact) mass is 373 g/mol. The van der Waals surface area contributed by atoms with Crippen molar-refractivity contribution in [3.63, 3.8) is 0 Å². The van der Waals surface area contributed by atoms with Crippen molar-refractivity contribution in [3.8, 4) is 0 Å². The van der Waals surface area contributed by atoms with E-state index in [1.807, 2.05) is 0 Å². The number of carbonyl (C=O) groups is 2. The molecule has 2 N–H and O–H groups in total.